The molecule has 0 radical (unpaired) electrons. The predicted molar refractivity (Wildman–Crippen MR) is 109 cm³/mol. The van der Waals surface area contributed by atoms with Gasteiger partial charge in [-0.05, 0) is 55.7 Å². The van der Waals surface area contributed by atoms with E-state index in [4.69, 9.17) is 9.47 Å². The van der Waals surface area contributed by atoms with Crippen LogP contribution < -0.4 is 20.1 Å². The van der Waals surface area contributed by atoms with Crippen LogP contribution in [0.1, 0.15) is 25.0 Å². The second-order valence-corrected chi connectivity index (χ2v) is 5.96. The van der Waals surface area contributed by atoms with Gasteiger partial charge in [-0.15, -0.1) is 0 Å². The average Bonchev–Trinajstić information content (AvgIpc) is 2.69. The van der Waals surface area contributed by atoms with Gasteiger partial charge >= 0.3 is 0 Å². The molecule has 0 heterocycles. The van der Waals surface area contributed by atoms with Gasteiger partial charge in [0.25, 0.3) is 0 Å². The van der Waals surface area contributed by atoms with Crippen molar-refractivity contribution < 1.29 is 14.6 Å². The van der Waals surface area contributed by atoms with Crippen molar-refractivity contribution in [2.24, 2.45) is 4.99 Å². The maximum Gasteiger partial charge on any atom is 0.191 e. The average molecular weight is 371 g/mol. The molecule has 2 aromatic rings. The molecule has 0 spiro atoms. The van der Waals surface area contributed by atoms with Crippen LogP contribution >= 0.6 is 0 Å². The minimum absolute atomic E-state index is 0.147. The van der Waals surface area contributed by atoms with Gasteiger partial charge in [0.2, 0.25) is 0 Å². The normalized spacial score (nSPS) is 11.1. The van der Waals surface area contributed by atoms with Gasteiger partial charge in [0.1, 0.15) is 5.75 Å². The molecule has 0 saturated heterocycles. The first kappa shape index (κ1) is 20.4. The Hall–Kier alpha value is -2.89. The lowest BCUT2D eigenvalue weighted by Gasteiger charge is -2.12. The number of hydrogen-bond donors (Lipinski definition) is 3. The van der Waals surface area contributed by atoms with Crippen molar-refractivity contribution in [2.45, 2.75) is 26.8 Å². The van der Waals surface area contributed by atoms with E-state index < -0.39 is 0 Å². The second-order valence-electron chi connectivity index (χ2n) is 5.96. The molecule has 0 bridgehead atoms. The van der Waals surface area contributed by atoms with Gasteiger partial charge in [0, 0.05) is 13.1 Å². The number of aliphatic imine (C=N–C) groups is 1. The second kappa shape index (κ2) is 11.0. The summed E-state index contributed by atoms with van der Waals surface area (Å²) in [5, 5.41) is 16.4. The topological polar surface area (TPSA) is 75.1 Å². The van der Waals surface area contributed by atoms with E-state index in [1.54, 1.807) is 13.2 Å². The number of phenols is 1. The smallest absolute Gasteiger partial charge is 0.191 e. The Morgan fingerprint density at radius 1 is 1.04 bits per heavy atom. The SMILES string of the molecule is CCNC(=NCc1ccc(O)c(OCC)c1)NCCc1ccc(OC)cc1. The summed E-state index contributed by atoms with van der Waals surface area (Å²) >= 11 is 0. The van der Waals surface area contributed by atoms with Gasteiger partial charge in [0.15, 0.2) is 17.5 Å². The Morgan fingerprint density at radius 2 is 1.78 bits per heavy atom. The lowest BCUT2D eigenvalue weighted by molar-refractivity contribution is 0.318. The predicted octanol–water partition coefficient (Wildman–Crippen LogP) is 3.10. The molecule has 146 valence electrons. The fourth-order valence-electron chi connectivity index (χ4n) is 2.56. The molecule has 0 aliphatic heterocycles. The summed E-state index contributed by atoms with van der Waals surface area (Å²) in [6.07, 6.45) is 0.891. The first-order chi connectivity index (χ1) is 13.2. The molecule has 27 heavy (non-hydrogen) atoms. The van der Waals surface area contributed by atoms with Crippen LogP contribution in [0.3, 0.4) is 0 Å². The van der Waals surface area contributed by atoms with Crippen LogP contribution in [0.25, 0.3) is 0 Å². The first-order valence-corrected chi connectivity index (χ1v) is 9.26. The summed E-state index contributed by atoms with van der Waals surface area (Å²) in [6.45, 7) is 6.49. The van der Waals surface area contributed by atoms with Gasteiger partial charge in [-0.1, -0.05) is 18.2 Å². The lowest BCUT2D eigenvalue weighted by Crippen LogP contribution is -2.38. The van der Waals surface area contributed by atoms with Gasteiger partial charge in [0.05, 0.1) is 20.3 Å². The molecule has 0 saturated carbocycles. The number of methoxy groups -OCH3 is 1. The van der Waals surface area contributed by atoms with Crippen molar-refractivity contribution in [3.8, 4) is 17.2 Å². The van der Waals surface area contributed by atoms with Crippen LogP contribution in [0.15, 0.2) is 47.5 Å². The molecule has 2 rings (SSSR count). The molecule has 0 aliphatic rings. The molecule has 0 fully saturated rings. The third kappa shape index (κ3) is 6.73. The Labute approximate surface area is 161 Å². The van der Waals surface area contributed by atoms with Crippen molar-refractivity contribution in [1.82, 2.24) is 10.6 Å². The highest BCUT2D eigenvalue weighted by Gasteiger charge is 2.04. The molecule has 6 heteroatoms. The molecule has 0 aliphatic carbocycles. The molecular formula is C21H29N3O3. The minimum atomic E-state index is 0.147. The van der Waals surface area contributed by atoms with Crippen LogP contribution in [0, 0.1) is 0 Å². The number of nitrogens with one attached hydrogen (secondary N) is 2. The molecule has 0 unspecified atom stereocenters. The van der Waals surface area contributed by atoms with Crippen molar-refractivity contribution >= 4 is 5.96 Å². The van der Waals surface area contributed by atoms with E-state index in [1.807, 2.05) is 38.1 Å². The largest absolute Gasteiger partial charge is 0.504 e. The summed E-state index contributed by atoms with van der Waals surface area (Å²) in [6, 6.07) is 13.4. The van der Waals surface area contributed by atoms with E-state index in [-0.39, 0.29) is 5.75 Å². The van der Waals surface area contributed by atoms with Crippen LogP contribution in [-0.2, 0) is 13.0 Å². The molecule has 0 atom stereocenters. The van der Waals surface area contributed by atoms with E-state index in [0.717, 1.165) is 36.8 Å². The van der Waals surface area contributed by atoms with Crippen LogP contribution in [0.5, 0.6) is 17.2 Å². The summed E-state index contributed by atoms with van der Waals surface area (Å²) < 4.78 is 10.6. The maximum atomic E-state index is 9.79. The Balaban J connectivity index is 1.92. The van der Waals surface area contributed by atoms with E-state index in [0.29, 0.717) is 18.9 Å². The van der Waals surface area contributed by atoms with Gasteiger partial charge in [-0.25, -0.2) is 4.99 Å². The van der Waals surface area contributed by atoms with Crippen molar-refractivity contribution in [1.29, 1.82) is 0 Å². The monoisotopic (exact) mass is 371 g/mol. The van der Waals surface area contributed by atoms with Crippen LogP contribution in [0.4, 0.5) is 0 Å². The number of ether oxygens (including phenoxy) is 2. The summed E-state index contributed by atoms with van der Waals surface area (Å²) in [7, 11) is 1.67. The Kier molecular flexibility index (Phi) is 8.29. The first-order valence-electron chi connectivity index (χ1n) is 9.26. The fourth-order valence-corrected chi connectivity index (χ4v) is 2.56. The van der Waals surface area contributed by atoms with E-state index in [2.05, 4.69) is 27.8 Å². The van der Waals surface area contributed by atoms with Crippen LogP contribution in [0.2, 0.25) is 0 Å². The highest BCUT2D eigenvalue weighted by molar-refractivity contribution is 5.79. The lowest BCUT2D eigenvalue weighted by atomic mass is 10.1. The third-order valence-electron chi connectivity index (χ3n) is 3.95. The standard InChI is InChI=1S/C21H29N3O3/c1-4-22-21(23-13-12-16-6-9-18(26-3)10-7-16)24-15-17-8-11-19(25)20(14-17)27-5-2/h6-11,14,25H,4-5,12-13,15H2,1-3H3,(H2,22,23,24). The molecular weight excluding hydrogens is 342 g/mol. The third-order valence-corrected chi connectivity index (χ3v) is 3.95. The summed E-state index contributed by atoms with van der Waals surface area (Å²) in [4.78, 5) is 4.61. The maximum absolute atomic E-state index is 9.79. The zero-order valence-corrected chi connectivity index (χ0v) is 16.3. The molecule has 3 N–H and O–H groups in total. The molecule has 0 aromatic heterocycles. The molecule has 2 aromatic carbocycles. The van der Waals surface area contributed by atoms with Crippen LogP contribution in [-0.4, -0.2) is 37.9 Å². The Morgan fingerprint density at radius 3 is 2.44 bits per heavy atom. The molecule has 0 amide bonds. The number of hydrogen-bond acceptors (Lipinski definition) is 4. The number of guanidine groups is 1. The van der Waals surface area contributed by atoms with Crippen molar-refractivity contribution in [2.75, 3.05) is 26.8 Å². The van der Waals surface area contributed by atoms with E-state index >= 15 is 0 Å². The summed E-state index contributed by atoms with van der Waals surface area (Å²) in [5.41, 5.74) is 2.21. The van der Waals surface area contributed by atoms with Gasteiger partial charge in [-0.3, -0.25) is 0 Å². The zero-order chi connectivity index (χ0) is 19.5. The number of benzene rings is 2. The number of rotatable bonds is 9. The van der Waals surface area contributed by atoms with Crippen molar-refractivity contribution in [3.05, 3.63) is 53.6 Å². The van der Waals surface area contributed by atoms with E-state index in [1.165, 1.54) is 5.56 Å². The minimum Gasteiger partial charge on any atom is -0.504 e. The highest BCUT2D eigenvalue weighted by atomic mass is 16.5. The Bertz CT molecular complexity index is 730. The zero-order valence-electron chi connectivity index (χ0n) is 16.3. The van der Waals surface area contributed by atoms with Gasteiger partial charge in [-0.2, -0.15) is 0 Å². The fraction of sp³-hybridized carbons (Fsp3) is 0.381. The quantitative estimate of drug-likeness (QED) is 0.466. The molecule has 6 nitrogen and oxygen atoms in total. The van der Waals surface area contributed by atoms with Crippen molar-refractivity contribution in [3.63, 3.8) is 0 Å². The van der Waals surface area contributed by atoms with E-state index in [9.17, 15) is 5.11 Å². The summed E-state index contributed by atoms with van der Waals surface area (Å²) in [5.74, 6) is 2.26. The number of phenolic OH excluding ortho intramolecular Hbond substituents is 1. The number of nitrogens with zero attached hydrogens (tertiary/aromatic N) is 1. The van der Waals surface area contributed by atoms with Gasteiger partial charge < -0.3 is 25.2 Å². The number of aromatic hydroxyl groups is 1. The highest BCUT2D eigenvalue weighted by Crippen LogP contribution is 2.27.